The minimum absolute atomic E-state index is 0.122. The average Bonchev–Trinajstić information content (AvgIpc) is 3.09. The molecule has 0 aromatic heterocycles. The summed E-state index contributed by atoms with van der Waals surface area (Å²) in [4.78, 5) is 18.7. The van der Waals surface area contributed by atoms with Gasteiger partial charge >= 0.3 is 0 Å². The summed E-state index contributed by atoms with van der Waals surface area (Å²) in [5, 5.41) is 2.80. The summed E-state index contributed by atoms with van der Waals surface area (Å²) in [6.07, 6.45) is 3.72. The molecule has 0 radical (unpaired) electrons. The molecule has 1 amide bonds. The van der Waals surface area contributed by atoms with Crippen LogP contribution in [0.4, 0.5) is 5.69 Å². The highest BCUT2D eigenvalue weighted by Gasteiger charge is 2.20. The van der Waals surface area contributed by atoms with Gasteiger partial charge in [0, 0.05) is 18.7 Å². The van der Waals surface area contributed by atoms with E-state index in [2.05, 4.69) is 26.9 Å². The predicted octanol–water partition coefficient (Wildman–Crippen LogP) is 1.83. The van der Waals surface area contributed by atoms with Crippen molar-refractivity contribution in [1.29, 1.82) is 0 Å². The molecule has 1 aromatic rings. The Bertz CT molecular complexity index is 783. The zero-order chi connectivity index (χ0) is 18.6. The third kappa shape index (κ3) is 5.04. The van der Waals surface area contributed by atoms with Crippen LogP contribution in [0.2, 0.25) is 0 Å². The predicted molar refractivity (Wildman–Crippen MR) is 102 cm³/mol. The second kappa shape index (κ2) is 8.18. The van der Waals surface area contributed by atoms with Crippen LogP contribution < -0.4 is 10.0 Å². The number of carbonyl (C=O) groups is 1. The molecule has 1 fully saturated rings. The highest BCUT2D eigenvalue weighted by atomic mass is 32.2. The molecule has 26 heavy (non-hydrogen) atoms. The normalized spacial score (nSPS) is 19.2. The Labute approximate surface area is 154 Å². The van der Waals surface area contributed by atoms with Crippen molar-refractivity contribution in [2.24, 2.45) is 10.9 Å². The van der Waals surface area contributed by atoms with E-state index in [0.29, 0.717) is 37.0 Å². The van der Waals surface area contributed by atoms with Gasteiger partial charge in [-0.05, 0) is 56.5 Å². The van der Waals surface area contributed by atoms with Crippen LogP contribution in [-0.4, -0.2) is 51.2 Å². The second-order valence-corrected chi connectivity index (χ2v) is 8.75. The van der Waals surface area contributed by atoms with E-state index in [9.17, 15) is 13.2 Å². The maximum atomic E-state index is 12.5. The molecule has 1 aromatic carbocycles. The van der Waals surface area contributed by atoms with Crippen molar-refractivity contribution in [3.05, 3.63) is 24.3 Å². The molecular formula is C18H26N4O3S. The van der Waals surface area contributed by atoms with E-state index in [1.54, 1.807) is 12.1 Å². The fourth-order valence-corrected chi connectivity index (χ4v) is 4.34. The number of carbonyl (C=O) groups excluding carboxylic acids is 1. The van der Waals surface area contributed by atoms with Gasteiger partial charge in [0.1, 0.15) is 5.84 Å². The van der Waals surface area contributed by atoms with Crippen LogP contribution in [0.1, 0.15) is 32.6 Å². The maximum Gasteiger partial charge on any atom is 0.262 e. The van der Waals surface area contributed by atoms with E-state index >= 15 is 0 Å². The number of likely N-dealkylation sites (tertiary alicyclic amines) is 1. The SMILES string of the molecule is CC1CCN(CC(=O)Nc2cccc(S(=O)(=O)NC3=NCCC3)c2)CC1. The first-order valence-corrected chi connectivity index (χ1v) is 10.6. The molecule has 142 valence electrons. The Morgan fingerprint density at radius 3 is 2.77 bits per heavy atom. The molecule has 0 aliphatic carbocycles. The van der Waals surface area contributed by atoms with Crippen LogP contribution in [0.3, 0.4) is 0 Å². The van der Waals surface area contributed by atoms with Gasteiger partial charge in [-0.25, -0.2) is 8.42 Å². The minimum Gasteiger partial charge on any atom is -0.325 e. The molecule has 0 saturated carbocycles. The lowest BCUT2D eigenvalue weighted by Gasteiger charge is -2.29. The Kier molecular flexibility index (Phi) is 5.93. The maximum absolute atomic E-state index is 12.5. The lowest BCUT2D eigenvalue weighted by molar-refractivity contribution is -0.117. The fraction of sp³-hybridized carbons (Fsp3) is 0.556. The molecule has 1 saturated heterocycles. The largest absolute Gasteiger partial charge is 0.325 e. The number of amides is 1. The molecule has 2 N–H and O–H groups in total. The van der Waals surface area contributed by atoms with Gasteiger partial charge in [-0.1, -0.05) is 13.0 Å². The van der Waals surface area contributed by atoms with Crippen LogP contribution in [0, 0.1) is 5.92 Å². The Hall–Kier alpha value is -1.93. The van der Waals surface area contributed by atoms with E-state index in [0.717, 1.165) is 32.4 Å². The number of hydrogen-bond donors (Lipinski definition) is 2. The van der Waals surface area contributed by atoms with Gasteiger partial charge in [0.15, 0.2) is 0 Å². The zero-order valence-electron chi connectivity index (χ0n) is 15.1. The molecule has 2 aliphatic rings. The number of anilines is 1. The van der Waals surface area contributed by atoms with Gasteiger partial charge < -0.3 is 5.32 Å². The number of piperidine rings is 1. The molecule has 8 heteroatoms. The van der Waals surface area contributed by atoms with Crippen molar-refractivity contribution in [1.82, 2.24) is 9.62 Å². The molecule has 0 spiro atoms. The molecule has 2 aliphatic heterocycles. The van der Waals surface area contributed by atoms with E-state index < -0.39 is 10.0 Å². The summed E-state index contributed by atoms with van der Waals surface area (Å²) < 4.78 is 27.4. The third-order valence-corrected chi connectivity index (χ3v) is 6.18. The third-order valence-electron chi connectivity index (χ3n) is 4.80. The van der Waals surface area contributed by atoms with Crippen molar-refractivity contribution in [2.75, 3.05) is 31.5 Å². The lowest BCUT2D eigenvalue weighted by Crippen LogP contribution is -2.38. The first-order valence-electron chi connectivity index (χ1n) is 9.11. The number of nitrogens with zero attached hydrogens (tertiary/aromatic N) is 2. The number of nitrogens with one attached hydrogen (secondary N) is 2. The van der Waals surface area contributed by atoms with Gasteiger partial charge in [-0.3, -0.25) is 19.4 Å². The molecular weight excluding hydrogens is 352 g/mol. The Morgan fingerprint density at radius 1 is 1.31 bits per heavy atom. The van der Waals surface area contributed by atoms with Gasteiger partial charge in [-0.2, -0.15) is 0 Å². The van der Waals surface area contributed by atoms with Gasteiger partial charge in [0.2, 0.25) is 5.91 Å². The number of benzene rings is 1. The average molecular weight is 378 g/mol. The van der Waals surface area contributed by atoms with E-state index in [-0.39, 0.29) is 10.8 Å². The van der Waals surface area contributed by atoms with Gasteiger partial charge in [0.25, 0.3) is 10.0 Å². The van der Waals surface area contributed by atoms with Crippen LogP contribution in [0.25, 0.3) is 0 Å². The number of rotatable bonds is 5. The van der Waals surface area contributed by atoms with Crippen molar-refractivity contribution in [3.63, 3.8) is 0 Å². The first-order chi connectivity index (χ1) is 12.4. The number of sulfonamides is 1. The molecule has 0 unspecified atom stereocenters. The molecule has 7 nitrogen and oxygen atoms in total. The molecule has 3 rings (SSSR count). The smallest absolute Gasteiger partial charge is 0.262 e. The molecule has 0 bridgehead atoms. The zero-order valence-corrected chi connectivity index (χ0v) is 15.9. The van der Waals surface area contributed by atoms with Gasteiger partial charge in [-0.15, -0.1) is 0 Å². The van der Waals surface area contributed by atoms with Crippen LogP contribution >= 0.6 is 0 Å². The quantitative estimate of drug-likeness (QED) is 0.818. The summed E-state index contributed by atoms with van der Waals surface area (Å²) in [7, 11) is -3.68. The first kappa shape index (κ1) is 18.8. The fourth-order valence-electron chi connectivity index (χ4n) is 3.20. The Morgan fingerprint density at radius 2 is 2.08 bits per heavy atom. The van der Waals surface area contributed by atoms with Crippen molar-refractivity contribution in [3.8, 4) is 0 Å². The van der Waals surface area contributed by atoms with Crippen molar-refractivity contribution in [2.45, 2.75) is 37.5 Å². The summed E-state index contributed by atoms with van der Waals surface area (Å²) >= 11 is 0. The minimum atomic E-state index is -3.68. The van der Waals surface area contributed by atoms with Crippen molar-refractivity contribution >= 4 is 27.5 Å². The number of amidine groups is 1. The van der Waals surface area contributed by atoms with E-state index in [1.165, 1.54) is 12.1 Å². The summed E-state index contributed by atoms with van der Waals surface area (Å²) in [6, 6.07) is 6.32. The topological polar surface area (TPSA) is 90.9 Å². The van der Waals surface area contributed by atoms with E-state index in [4.69, 9.17) is 0 Å². The van der Waals surface area contributed by atoms with Crippen molar-refractivity contribution < 1.29 is 13.2 Å². The van der Waals surface area contributed by atoms with Crippen LogP contribution in [0.15, 0.2) is 34.2 Å². The van der Waals surface area contributed by atoms with Crippen LogP contribution in [0.5, 0.6) is 0 Å². The summed E-state index contributed by atoms with van der Waals surface area (Å²) in [5.41, 5.74) is 0.483. The standard InChI is InChI=1S/C18H26N4O3S/c1-14-7-10-22(11-8-14)13-18(23)20-15-4-2-5-16(12-15)26(24,25)21-17-6-3-9-19-17/h2,4-5,12,14H,3,6-11,13H2,1H3,(H,19,21)(H,20,23). The molecule has 0 atom stereocenters. The van der Waals surface area contributed by atoms with Crippen LogP contribution in [-0.2, 0) is 14.8 Å². The Balaban J connectivity index is 1.60. The van der Waals surface area contributed by atoms with E-state index in [1.807, 2.05) is 0 Å². The van der Waals surface area contributed by atoms with Gasteiger partial charge in [0.05, 0.1) is 11.4 Å². The summed E-state index contributed by atoms with van der Waals surface area (Å²) in [6.45, 7) is 5.07. The highest BCUT2D eigenvalue weighted by molar-refractivity contribution is 7.90. The number of hydrogen-bond acceptors (Lipinski definition) is 5. The monoisotopic (exact) mass is 378 g/mol. The highest BCUT2D eigenvalue weighted by Crippen LogP contribution is 2.18. The second-order valence-electron chi connectivity index (χ2n) is 7.07. The molecule has 2 heterocycles. The lowest BCUT2D eigenvalue weighted by atomic mass is 9.99. The summed E-state index contributed by atoms with van der Waals surface area (Å²) in [5.74, 6) is 1.09. The number of aliphatic imine (C=N–C) groups is 1.